The maximum Gasteiger partial charge on any atom is 0.323 e. The summed E-state index contributed by atoms with van der Waals surface area (Å²) >= 11 is 0. The van der Waals surface area contributed by atoms with Crippen LogP contribution in [-0.2, 0) is 14.3 Å². The molecule has 1 atom stereocenters. The highest BCUT2D eigenvalue weighted by Crippen LogP contribution is 2.36. The zero-order chi connectivity index (χ0) is 13.9. The Bertz CT molecular complexity index is 450. The van der Waals surface area contributed by atoms with E-state index in [1.807, 2.05) is 13.8 Å². The van der Waals surface area contributed by atoms with E-state index in [0.717, 1.165) is 16.7 Å². The molecule has 1 rings (SSSR count). The van der Waals surface area contributed by atoms with Crippen molar-refractivity contribution in [3.63, 3.8) is 0 Å². The Labute approximate surface area is 108 Å². The van der Waals surface area contributed by atoms with Gasteiger partial charge in [-0.05, 0) is 44.8 Å². The number of hydrogen-bond donors (Lipinski definition) is 0. The highest BCUT2D eigenvalue weighted by molar-refractivity contribution is 6.05. The molecule has 1 aliphatic rings. The maximum atomic E-state index is 11.9. The SMILES string of the molecule is C=C1C=CC(C(C)=O)(C(=O)OC)CCC1=C(C)C. The topological polar surface area (TPSA) is 43.4 Å². The Morgan fingerprint density at radius 2 is 1.94 bits per heavy atom. The van der Waals surface area contributed by atoms with Crippen molar-refractivity contribution in [2.75, 3.05) is 7.11 Å². The van der Waals surface area contributed by atoms with Crippen molar-refractivity contribution in [3.8, 4) is 0 Å². The molecule has 98 valence electrons. The summed E-state index contributed by atoms with van der Waals surface area (Å²) in [6, 6.07) is 0. The van der Waals surface area contributed by atoms with Gasteiger partial charge in [0, 0.05) is 0 Å². The normalized spacial score (nSPS) is 23.6. The second kappa shape index (κ2) is 5.34. The average molecular weight is 248 g/mol. The first-order valence-electron chi connectivity index (χ1n) is 5.99. The van der Waals surface area contributed by atoms with Gasteiger partial charge in [0.25, 0.3) is 0 Å². The molecule has 18 heavy (non-hydrogen) atoms. The van der Waals surface area contributed by atoms with E-state index in [1.165, 1.54) is 14.0 Å². The van der Waals surface area contributed by atoms with Gasteiger partial charge in [-0.15, -0.1) is 0 Å². The largest absolute Gasteiger partial charge is 0.468 e. The number of carbonyl (C=O) groups excluding carboxylic acids is 2. The first-order chi connectivity index (χ1) is 8.35. The lowest BCUT2D eigenvalue weighted by atomic mass is 9.79. The van der Waals surface area contributed by atoms with Crippen LogP contribution < -0.4 is 0 Å². The summed E-state index contributed by atoms with van der Waals surface area (Å²) < 4.78 is 4.78. The van der Waals surface area contributed by atoms with Crippen molar-refractivity contribution in [3.05, 3.63) is 35.5 Å². The van der Waals surface area contributed by atoms with Crippen LogP contribution in [0.3, 0.4) is 0 Å². The molecule has 1 unspecified atom stereocenters. The summed E-state index contributed by atoms with van der Waals surface area (Å²) in [4.78, 5) is 23.8. The van der Waals surface area contributed by atoms with Crippen molar-refractivity contribution in [1.29, 1.82) is 0 Å². The minimum Gasteiger partial charge on any atom is -0.468 e. The number of allylic oxidation sites excluding steroid dienone is 4. The second-order valence-corrected chi connectivity index (χ2v) is 4.86. The van der Waals surface area contributed by atoms with E-state index >= 15 is 0 Å². The standard InChI is InChI=1S/C15H20O3/c1-10(2)13-7-9-15(12(4)16,14(17)18-5)8-6-11(13)3/h6,8H,3,7,9H2,1-2,4-5H3. The van der Waals surface area contributed by atoms with Crippen LogP contribution in [0.1, 0.15) is 33.6 Å². The molecule has 0 aromatic carbocycles. The van der Waals surface area contributed by atoms with E-state index in [2.05, 4.69) is 6.58 Å². The second-order valence-electron chi connectivity index (χ2n) is 4.86. The molecular formula is C15H20O3. The van der Waals surface area contributed by atoms with Crippen LogP contribution in [0.25, 0.3) is 0 Å². The van der Waals surface area contributed by atoms with Crippen LogP contribution in [0.4, 0.5) is 0 Å². The van der Waals surface area contributed by atoms with Gasteiger partial charge < -0.3 is 4.74 Å². The van der Waals surface area contributed by atoms with Crippen molar-refractivity contribution >= 4 is 11.8 Å². The molecule has 0 radical (unpaired) electrons. The number of hydrogen-bond acceptors (Lipinski definition) is 3. The minimum atomic E-state index is -1.16. The molecule has 0 saturated heterocycles. The van der Waals surface area contributed by atoms with Crippen LogP contribution >= 0.6 is 0 Å². The van der Waals surface area contributed by atoms with Crippen molar-refractivity contribution in [2.24, 2.45) is 5.41 Å². The third-order valence-corrected chi connectivity index (χ3v) is 3.51. The molecule has 0 spiro atoms. The number of Topliss-reactive ketones (excluding diaryl/α,β-unsaturated/α-hetero) is 1. The summed E-state index contributed by atoms with van der Waals surface area (Å²) in [6.07, 6.45) is 4.49. The smallest absolute Gasteiger partial charge is 0.323 e. The molecule has 3 nitrogen and oxygen atoms in total. The number of ether oxygens (including phenoxy) is 1. The lowest BCUT2D eigenvalue weighted by Gasteiger charge is -2.23. The van der Waals surface area contributed by atoms with Gasteiger partial charge in [0.2, 0.25) is 0 Å². The molecule has 0 heterocycles. The van der Waals surface area contributed by atoms with E-state index in [-0.39, 0.29) is 5.78 Å². The molecule has 0 amide bonds. The summed E-state index contributed by atoms with van der Waals surface area (Å²) in [5.41, 5.74) is 1.98. The van der Waals surface area contributed by atoms with Crippen molar-refractivity contribution in [2.45, 2.75) is 33.6 Å². The number of ketones is 1. The maximum absolute atomic E-state index is 11.9. The first-order valence-corrected chi connectivity index (χ1v) is 5.99. The fraction of sp³-hybridized carbons (Fsp3) is 0.467. The third-order valence-electron chi connectivity index (χ3n) is 3.51. The van der Waals surface area contributed by atoms with E-state index in [4.69, 9.17) is 4.74 Å². The number of rotatable bonds is 2. The first kappa shape index (κ1) is 14.4. The van der Waals surface area contributed by atoms with E-state index < -0.39 is 11.4 Å². The summed E-state index contributed by atoms with van der Waals surface area (Å²) in [7, 11) is 1.31. The van der Waals surface area contributed by atoms with E-state index in [1.54, 1.807) is 12.2 Å². The van der Waals surface area contributed by atoms with Crippen LogP contribution in [0, 0.1) is 5.41 Å². The fourth-order valence-electron chi connectivity index (χ4n) is 2.27. The van der Waals surface area contributed by atoms with Gasteiger partial charge in [0.1, 0.15) is 5.41 Å². The highest BCUT2D eigenvalue weighted by Gasteiger charge is 2.42. The van der Waals surface area contributed by atoms with Crippen molar-refractivity contribution < 1.29 is 14.3 Å². The van der Waals surface area contributed by atoms with Gasteiger partial charge in [-0.25, -0.2) is 0 Å². The van der Waals surface area contributed by atoms with Gasteiger partial charge in [0.05, 0.1) is 7.11 Å². The van der Waals surface area contributed by atoms with E-state index in [0.29, 0.717) is 12.8 Å². The molecule has 0 aromatic heterocycles. The Kier molecular flexibility index (Phi) is 4.28. The predicted molar refractivity (Wildman–Crippen MR) is 71.0 cm³/mol. The van der Waals surface area contributed by atoms with Gasteiger partial charge >= 0.3 is 5.97 Å². The summed E-state index contributed by atoms with van der Waals surface area (Å²) in [6.45, 7) is 9.42. The molecule has 0 saturated carbocycles. The molecule has 0 aromatic rings. The molecule has 3 heteroatoms. The van der Waals surface area contributed by atoms with E-state index in [9.17, 15) is 9.59 Å². The van der Waals surface area contributed by atoms with Crippen LogP contribution in [-0.4, -0.2) is 18.9 Å². The fourth-order valence-corrected chi connectivity index (χ4v) is 2.27. The van der Waals surface area contributed by atoms with Gasteiger partial charge in [-0.2, -0.15) is 0 Å². The third kappa shape index (κ3) is 2.45. The number of esters is 1. The molecule has 0 fully saturated rings. The molecule has 0 N–H and O–H groups in total. The lowest BCUT2D eigenvalue weighted by Crippen LogP contribution is -2.37. The quantitative estimate of drug-likeness (QED) is 0.557. The molecular weight excluding hydrogens is 228 g/mol. The minimum absolute atomic E-state index is 0.187. The van der Waals surface area contributed by atoms with Crippen LogP contribution in [0.5, 0.6) is 0 Å². The molecule has 0 aliphatic heterocycles. The molecule has 1 aliphatic carbocycles. The Hall–Kier alpha value is -1.64. The van der Waals surface area contributed by atoms with Gasteiger partial charge in [0.15, 0.2) is 5.78 Å². The van der Waals surface area contributed by atoms with Crippen LogP contribution in [0.2, 0.25) is 0 Å². The van der Waals surface area contributed by atoms with Crippen molar-refractivity contribution in [1.82, 2.24) is 0 Å². The zero-order valence-electron chi connectivity index (χ0n) is 11.5. The monoisotopic (exact) mass is 248 g/mol. The van der Waals surface area contributed by atoms with Gasteiger partial charge in [-0.3, -0.25) is 9.59 Å². The van der Waals surface area contributed by atoms with Gasteiger partial charge in [-0.1, -0.05) is 24.3 Å². The zero-order valence-corrected chi connectivity index (χ0v) is 11.5. The summed E-state index contributed by atoms with van der Waals surface area (Å²) in [5.74, 6) is -0.678. The Morgan fingerprint density at radius 3 is 2.39 bits per heavy atom. The number of carbonyl (C=O) groups is 2. The number of methoxy groups -OCH3 is 1. The lowest BCUT2D eigenvalue weighted by molar-refractivity contribution is -0.154. The highest BCUT2D eigenvalue weighted by atomic mass is 16.5. The summed E-state index contributed by atoms with van der Waals surface area (Å²) in [5, 5.41) is 0. The van der Waals surface area contributed by atoms with Crippen LogP contribution in [0.15, 0.2) is 35.5 Å². The average Bonchev–Trinajstić information content (AvgIpc) is 2.48. The Balaban J connectivity index is 3.25. The Morgan fingerprint density at radius 1 is 1.33 bits per heavy atom. The predicted octanol–water partition coefficient (Wildman–Crippen LogP) is 2.98. The molecule has 0 bridgehead atoms.